The van der Waals surface area contributed by atoms with Crippen LogP contribution in [0, 0.1) is 6.92 Å². The second-order valence-corrected chi connectivity index (χ2v) is 7.92. The van der Waals surface area contributed by atoms with Gasteiger partial charge in [-0.3, -0.25) is 4.98 Å². The van der Waals surface area contributed by atoms with Crippen LogP contribution in [-0.2, 0) is 37.5 Å². The summed E-state index contributed by atoms with van der Waals surface area (Å²) in [5.41, 5.74) is 4.43. The second-order valence-electron chi connectivity index (χ2n) is 7.92. The van der Waals surface area contributed by atoms with Crippen molar-refractivity contribution >= 4 is 49.6 Å². The Kier molecular flexibility index (Phi) is 5.32. The number of hydrogen-bond donors (Lipinski definition) is 0. The van der Waals surface area contributed by atoms with Crippen molar-refractivity contribution in [2.75, 3.05) is 0 Å². The van der Waals surface area contributed by atoms with Crippen molar-refractivity contribution in [3.05, 3.63) is 96.1 Å². The molecule has 32 heavy (non-hydrogen) atoms. The van der Waals surface area contributed by atoms with Gasteiger partial charge >= 0.3 is 0 Å². The molecule has 4 aromatic carbocycles. The van der Waals surface area contributed by atoms with Gasteiger partial charge in [0.15, 0.2) is 0 Å². The monoisotopic (exact) mass is 486 g/mol. The summed E-state index contributed by atoms with van der Waals surface area (Å²) < 4.78 is 0. The van der Waals surface area contributed by atoms with Crippen LogP contribution in [0.2, 0.25) is 0 Å². The zero-order chi connectivity index (χ0) is 20.9. The molecule has 0 aliphatic carbocycles. The summed E-state index contributed by atoms with van der Waals surface area (Å²) in [6, 6.07) is 28.8. The zero-order valence-corrected chi connectivity index (χ0v) is 20.3. The van der Waals surface area contributed by atoms with Crippen LogP contribution in [0.4, 0.5) is 0 Å². The van der Waals surface area contributed by atoms with E-state index >= 15 is 0 Å². The number of aryl methyl sites for hydroxylation is 1. The molecular weight excluding hydrogens is 469 g/mol. The van der Waals surface area contributed by atoms with Gasteiger partial charge in [0.05, 0.1) is 11.8 Å². The molecule has 0 bridgehead atoms. The Labute approximate surface area is 210 Å². The van der Waals surface area contributed by atoms with E-state index in [1.165, 1.54) is 5.39 Å². The van der Waals surface area contributed by atoms with E-state index in [-0.39, 0.29) is 32.7 Å². The SMILES string of the molecule is Cc1cc2cc3ccccc3cc2nc1-c1nc2cc3ccccc3cc2cc1[C-]=O.[Y]. The minimum absolute atomic E-state index is 0. The van der Waals surface area contributed by atoms with E-state index in [9.17, 15) is 4.79 Å². The molecule has 0 unspecified atom stereocenters. The van der Waals surface area contributed by atoms with E-state index in [4.69, 9.17) is 9.97 Å². The first kappa shape index (κ1) is 20.9. The molecule has 0 atom stereocenters. The summed E-state index contributed by atoms with van der Waals surface area (Å²) >= 11 is 0. The fraction of sp³-hybridized carbons (Fsp3) is 0.0357. The molecule has 1 radical (unpaired) electrons. The van der Waals surface area contributed by atoms with E-state index in [1.54, 1.807) is 0 Å². The number of benzene rings is 4. The molecule has 0 aliphatic rings. The number of hydrogen-bond acceptors (Lipinski definition) is 3. The van der Waals surface area contributed by atoms with Crippen LogP contribution in [0.25, 0.3) is 54.7 Å². The van der Waals surface area contributed by atoms with Gasteiger partial charge in [-0.05, 0) is 64.0 Å². The van der Waals surface area contributed by atoms with Gasteiger partial charge in [0.2, 0.25) is 0 Å². The Morgan fingerprint density at radius 3 is 1.59 bits per heavy atom. The summed E-state index contributed by atoms with van der Waals surface area (Å²) in [6.07, 6.45) is 2.09. The third-order valence-corrected chi connectivity index (χ3v) is 5.89. The summed E-state index contributed by atoms with van der Waals surface area (Å²) in [4.78, 5) is 21.7. The maximum atomic E-state index is 11.9. The van der Waals surface area contributed by atoms with E-state index in [0.717, 1.165) is 49.2 Å². The third kappa shape index (κ3) is 3.42. The Bertz CT molecular complexity index is 1670. The number of fused-ring (bicyclic) bond motifs is 4. The van der Waals surface area contributed by atoms with Crippen LogP contribution in [0.15, 0.2) is 84.9 Å². The van der Waals surface area contributed by atoms with Gasteiger partial charge in [-0.1, -0.05) is 60.0 Å². The van der Waals surface area contributed by atoms with Crippen molar-refractivity contribution in [1.82, 2.24) is 9.97 Å². The minimum Gasteiger partial charge on any atom is -0.376 e. The van der Waals surface area contributed by atoms with Crippen molar-refractivity contribution in [3.8, 4) is 11.4 Å². The average Bonchev–Trinajstić information content (AvgIpc) is 2.80. The maximum Gasteiger partial charge on any atom is 0.0703 e. The number of rotatable bonds is 2. The number of aromatic nitrogens is 2. The van der Waals surface area contributed by atoms with Crippen molar-refractivity contribution in [1.29, 1.82) is 0 Å². The topological polar surface area (TPSA) is 42.9 Å². The minimum atomic E-state index is 0. The first-order chi connectivity index (χ1) is 15.2. The molecule has 149 valence electrons. The fourth-order valence-electron chi connectivity index (χ4n) is 4.33. The van der Waals surface area contributed by atoms with Crippen molar-refractivity contribution in [2.24, 2.45) is 0 Å². The summed E-state index contributed by atoms with van der Waals surface area (Å²) in [7, 11) is 0. The van der Waals surface area contributed by atoms with Crippen molar-refractivity contribution in [3.63, 3.8) is 0 Å². The quantitative estimate of drug-likeness (QED) is 0.207. The molecule has 0 amide bonds. The van der Waals surface area contributed by atoms with Gasteiger partial charge in [0.1, 0.15) is 0 Å². The largest absolute Gasteiger partial charge is 0.376 e. The normalized spacial score (nSPS) is 11.2. The van der Waals surface area contributed by atoms with Crippen molar-refractivity contribution < 1.29 is 37.5 Å². The van der Waals surface area contributed by atoms with Gasteiger partial charge in [-0.25, -0.2) is 0 Å². The predicted octanol–water partition coefficient (Wildman–Crippen LogP) is 6.52. The van der Waals surface area contributed by atoms with Crippen LogP contribution in [0.1, 0.15) is 11.1 Å². The van der Waals surface area contributed by atoms with Gasteiger partial charge < -0.3 is 9.78 Å². The summed E-state index contributed by atoms with van der Waals surface area (Å²) in [5.74, 6) is 0. The number of nitrogens with zero attached hydrogens (tertiary/aromatic N) is 2. The Morgan fingerprint density at radius 2 is 1.06 bits per heavy atom. The third-order valence-electron chi connectivity index (χ3n) is 5.89. The fourth-order valence-corrected chi connectivity index (χ4v) is 4.33. The molecule has 0 aliphatic heterocycles. The zero-order valence-electron chi connectivity index (χ0n) is 17.5. The van der Waals surface area contributed by atoms with Crippen LogP contribution >= 0.6 is 0 Å². The molecule has 0 saturated heterocycles. The average molecular weight is 486 g/mol. The van der Waals surface area contributed by atoms with E-state index < -0.39 is 0 Å². The smallest absolute Gasteiger partial charge is 0.0703 e. The van der Waals surface area contributed by atoms with E-state index in [0.29, 0.717) is 11.3 Å². The molecule has 3 nitrogen and oxygen atoms in total. The molecule has 6 rings (SSSR count). The molecule has 0 fully saturated rings. The van der Waals surface area contributed by atoms with E-state index in [2.05, 4.69) is 60.9 Å². The number of carbonyl (C=O) groups excluding carboxylic acids is 1. The van der Waals surface area contributed by atoms with Crippen molar-refractivity contribution in [2.45, 2.75) is 6.92 Å². The first-order valence-electron chi connectivity index (χ1n) is 10.2. The van der Waals surface area contributed by atoms with E-state index in [1.807, 2.05) is 37.3 Å². The molecule has 0 spiro atoms. The number of pyridine rings is 2. The maximum absolute atomic E-state index is 11.9. The second kappa shape index (κ2) is 8.16. The predicted molar refractivity (Wildman–Crippen MR) is 127 cm³/mol. The molecular formula is C28H17N2OY-. The molecule has 4 heteroatoms. The summed E-state index contributed by atoms with van der Waals surface area (Å²) in [6.45, 7) is 2.01. The van der Waals surface area contributed by atoms with Gasteiger partial charge in [-0.2, -0.15) is 0 Å². The Morgan fingerprint density at radius 1 is 0.594 bits per heavy atom. The van der Waals surface area contributed by atoms with Gasteiger partial charge in [-0.15, -0.1) is 11.6 Å². The van der Waals surface area contributed by atoms with Crippen LogP contribution < -0.4 is 0 Å². The van der Waals surface area contributed by atoms with Crippen LogP contribution in [0.3, 0.4) is 0 Å². The Balaban J connectivity index is 0.00000216. The van der Waals surface area contributed by atoms with Gasteiger partial charge in [0.25, 0.3) is 0 Å². The van der Waals surface area contributed by atoms with Crippen LogP contribution in [0.5, 0.6) is 0 Å². The molecule has 6 aromatic rings. The molecule has 0 N–H and O–H groups in total. The summed E-state index contributed by atoms with van der Waals surface area (Å²) in [5, 5.41) is 6.55. The molecule has 0 saturated carbocycles. The van der Waals surface area contributed by atoms with Gasteiger partial charge in [0, 0.05) is 49.3 Å². The molecule has 2 heterocycles. The molecule has 2 aromatic heterocycles. The standard InChI is InChI=1S/C28H17N2O.Y/c1-17-10-22-11-18-6-2-4-8-20(18)14-25(22)29-27(17)28-24(16-31)13-23-12-19-7-3-5-9-21(19)15-26(23)30-28;/h2-15H,1H3;/q-1;. The Hall–Kier alpha value is -3.01. The first-order valence-corrected chi connectivity index (χ1v) is 10.2. The van der Waals surface area contributed by atoms with Crippen LogP contribution in [-0.4, -0.2) is 16.3 Å².